The van der Waals surface area contributed by atoms with E-state index in [9.17, 15) is 24.9 Å². The first-order valence-electron chi connectivity index (χ1n) is 15.1. The van der Waals surface area contributed by atoms with E-state index in [0.717, 1.165) is 18.9 Å². The molecule has 3 fully saturated rings. The van der Waals surface area contributed by atoms with Crippen LogP contribution in [-0.2, 0) is 33.3 Å². The number of fused-ring (bicyclic) bond motifs is 1. The minimum atomic E-state index is -2.14. The van der Waals surface area contributed by atoms with Crippen molar-refractivity contribution < 1.29 is 53.7 Å². The third kappa shape index (κ3) is 8.85. The van der Waals surface area contributed by atoms with Crippen molar-refractivity contribution in [2.75, 3.05) is 13.9 Å². The molecule has 3 aliphatic heterocycles. The van der Waals surface area contributed by atoms with E-state index in [1.54, 1.807) is 26.2 Å². The van der Waals surface area contributed by atoms with E-state index in [1.165, 1.54) is 6.08 Å². The molecule has 248 valence electrons. The summed E-state index contributed by atoms with van der Waals surface area (Å²) in [5.41, 5.74) is 0.0929. The molecule has 5 N–H and O–H groups in total. The van der Waals surface area contributed by atoms with Crippen molar-refractivity contribution in [3.05, 3.63) is 48.6 Å². The standard InChI is InChI=1S/C32H49NO11/c1-19-17-32(39,44-21(3)20(19)2)27(37)29(38)33-30-26-25(41-18-42-30)28(40-6)31(4,5)23(43-26)16-22(34)14-12-10-8-7-9-11-13-15-24(35)36/h7-9,11,13,15,20-23,25-28,30,34,37,39H,1,10,12,14,16-18H2,2-6H3,(H,33,38)(H,35,36)/b8-7+,11-9+,15-13+/t20-,21-,22-,23-,25+,26+,27-,28-,30+,32-/m1/s1. The second kappa shape index (κ2) is 15.7. The van der Waals surface area contributed by atoms with Crippen molar-refractivity contribution in [1.82, 2.24) is 5.32 Å². The van der Waals surface area contributed by atoms with Crippen LogP contribution in [0.2, 0.25) is 0 Å². The van der Waals surface area contributed by atoms with E-state index in [-0.39, 0.29) is 19.1 Å². The molecule has 0 radical (unpaired) electrons. The lowest BCUT2D eigenvalue weighted by atomic mass is 9.72. The first kappa shape index (κ1) is 36.1. The van der Waals surface area contributed by atoms with Crippen molar-refractivity contribution in [3.63, 3.8) is 0 Å². The van der Waals surface area contributed by atoms with E-state index in [4.69, 9.17) is 28.8 Å². The number of carboxylic acids is 1. The summed E-state index contributed by atoms with van der Waals surface area (Å²) in [4.78, 5) is 23.6. The highest BCUT2D eigenvalue weighted by Crippen LogP contribution is 2.44. The van der Waals surface area contributed by atoms with Gasteiger partial charge in [0.15, 0.2) is 12.3 Å². The van der Waals surface area contributed by atoms with Gasteiger partial charge in [-0.2, -0.15) is 0 Å². The zero-order valence-electron chi connectivity index (χ0n) is 26.3. The summed E-state index contributed by atoms with van der Waals surface area (Å²) in [7, 11) is 1.57. The molecule has 0 aromatic heterocycles. The Morgan fingerprint density at radius 3 is 2.50 bits per heavy atom. The van der Waals surface area contributed by atoms with Gasteiger partial charge in [0.1, 0.15) is 19.0 Å². The SMILES string of the molecule is C=C1C[C@](O)([C@H](O)C(=O)N[C@H]2OCO[C@H]3[C@@H]2O[C@H](C[C@H](O)CCC/C=C/C=C/C=C/C(=O)O)C(C)(C)[C@@H]3OC)O[C@H](C)[C@@H]1C. The number of ether oxygens (including phenoxy) is 5. The number of carboxylic acid groups (broad SMARTS) is 1. The number of carbonyl (C=O) groups is 2. The van der Waals surface area contributed by atoms with Crippen LogP contribution in [0.25, 0.3) is 0 Å². The molecule has 12 heteroatoms. The van der Waals surface area contributed by atoms with E-state index in [1.807, 2.05) is 32.9 Å². The van der Waals surface area contributed by atoms with Crippen LogP contribution in [0.3, 0.4) is 0 Å². The average Bonchev–Trinajstić information content (AvgIpc) is 2.95. The van der Waals surface area contributed by atoms with Crippen LogP contribution >= 0.6 is 0 Å². The largest absolute Gasteiger partial charge is 0.478 e. The van der Waals surface area contributed by atoms with Crippen molar-refractivity contribution in [2.24, 2.45) is 11.3 Å². The highest BCUT2D eigenvalue weighted by Gasteiger charge is 2.57. The number of aliphatic hydroxyl groups is 3. The van der Waals surface area contributed by atoms with Gasteiger partial charge < -0.3 is 49.4 Å². The molecule has 0 aromatic carbocycles. The Kier molecular flexibility index (Phi) is 12.9. The van der Waals surface area contributed by atoms with Crippen molar-refractivity contribution in [2.45, 2.75) is 115 Å². The highest BCUT2D eigenvalue weighted by atomic mass is 16.7. The topological polar surface area (TPSA) is 173 Å². The zero-order valence-corrected chi connectivity index (χ0v) is 26.3. The van der Waals surface area contributed by atoms with Gasteiger partial charge >= 0.3 is 5.97 Å². The molecule has 0 bridgehead atoms. The van der Waals surface area contributed by atoms with Gasteiger partial charge in [-0.1, -0.05) is 63.3 Å². The first-order chi connectivity index (χ1) is 20.7. The van der Waals surface area contributed by atoms with E-state index >= 15 is 0 Å². The number of nitrogens with one attached hydrogen (secondary N) is 1. The van der Waals surface area contributed by atoms with Crippen LogP contribution in [0.15, 0.2) is 48.6 Å². The quantitative estimate of drug-likeness (QED) is 0.0882. The summed E-state index contributed by atoms with van der Waals surface area (Å²) in [6.45, 7) is 11.4. The van der Waals surface area contributed by atoms with E-state index in [2.05, 4.69) is 11.9 Å². The molecule has 1 amide bonds. The highest BCUT2D eigenvalue weighted by molar-refractivity contribution is 5.82. The Bertz CT molecular complexity index is 1090. The van der Waals surface area contributed by atoms with Crippen molar-refractivity contribution >= 4 is 11.9 Å². The number of aliphatic carboxylic acids is 1. The maximum absolute atomic E-state index is 13.2. The fourth-order valence-electron chi connectivity index (χ4n) is 6.00. The maximum Gasteiger partial charge on any atom is 0.328 e. The number of hydrogen-bond donors (Lipinski definition) is 5. The number of rotatable bonds is 13. The van der Waals surface area contributed by atoms with Crippen molar-refractivity contribution in [3.8, 4) is 0 Å². The van der Waals surface area contributed by atoms with Gasteiger partial charge in [0, 0.05) is 37.4 Å². The van der Waals surface area contributed by atoms with Crippen LogP contribution < -0.4 is 5.32 Å². The average molecular weight is 624 g/mol. The number of amides is 1. The van der Waals surface area contributed by atoms with Gasteiger partial charge in [-0.3, -0.25) is 4.79 Å². The molecule has 3 rings (SSSR count). The summed E-state index contributed by atoms with van der Waals surface area (Å²) in [5, 5.41) is 44.0. The first-order valence-corrected chi connectivity index (χ1v) is 15.1. The normalized spacial score (nSPS) is 35.5. The molecule has 0 saturated carbocycles. The Hall–Kier alpha value is -2.42. The van der Waals surface area contributed by atoms with Crippen LogP contribution in [0.1, 0.15) is 59.8 Å². The smallest absolute Gasteiger partial charge is 0.328 e. The molecule has 0 aromatic rings. The maximum atomic E-state index is 13.2. The summed E-state index contributed by atoms with van der Waals surface area (Å²) in [6.07, 6.45) is 5.32. The Morgan fingerprint density at radius 1 is 1.14 bits per heavy atom. The Morgan fingerprint density at radius 2 is 1.84 bits per heavy atom. The van der Waals surface area contributed by atoms with E-state index in [0.29, 0.717) is 18.4 Å². The Balaban J connectivity index is 1.62. The van der Waals surface area contributed by atoms with Crippen molar-refractivity contribution in [1.29, 1.82) is 0 Å². The van der Waals surface area contributed by atoms with Gasteiger partial charge in [-0.05, 0) is 26.2 Å². The lowest BCUT2D eigenvalue weighted by Gasteiger charge is -2.54. The molecule has 0 aliphatic carbocycles. The fourth-order valence-corrected chi connectivity index (χ4v) is 6.00. The van der Waals surface area contributed by atoms with Crippen LogP contribution in [0.4, 0.5) is 0 Å². The molecule has 12 nitrogen and oxygen atoms in total. The fraction of sp³-hybridized carbons (Fsp3) is 0.688. The second-order valence-corrected chi connectivity index (χ2v) is 12.4. The van der Waals surface area contributed by atoms with Gasteiger partial charge in [-0.15, -0.1) is 0 Å². The molecule has 0 spiro atoms. The number of aliphatic hydroxyl groups excluding tert-OH is 2. The predicted molar refractivity (Wildman–Crippen MR) is 160 cm³/mol. The zero-order chi connectivity index (χ0) is 32.7. The van der Waals surface area contributed by atoms with Crippen LogP contribution in [-0.4, -0.2) is 101 Å². The van der Waals surface area contributed by atoms with Gasteiger partial charge in [0.05, 0.1) is 24.4 Å². The number of unbranched alkanes of at least 4 members (excludes halogenated alkanes) is 1. The third-order valence-corrected chi connectivity index (χ3v) is 8.85. The summed E-state index contributed by atoms with van der Waals surface area (Å²) < 4.78 is 29.6. The lowest BCUT2D eigenvalue weighted by molar-refractivity contribution is -0.332. The molecule has 0 unspecified atom stereocenters. The van der Waals surface area contributed by atoms with Gasteiger partial charge in [0.25, 0.3) is 5.91 Å². The summed E-state index contributed by atoms with van der Waals surface area (Å²) >= 11 is 0. The minimum Gasteiger partial charge on any atom is -0.478 e. The van der Waals surface area contributed by atoms with Crippen LogP contribution in [0.5, 0.6) is 0 Å². The Labute approximate surface area is 259 Å². The molecule has 10 atom stereocenters. The second-order valence-electron chi connectivity index (χ2n) is 12.4. The minimum absolute atomic E-state index is 0.0458. The third-order valence-electron chi connectivity index (χ3n) is 8.85. The summed E-state index contributed by atoms with van der Waals surface area (Å²) in [5.74, 6) is -4.09. The summed E-state index contributed by atoms with van der Waals surface area (Å²) in [6, 6.07) is 0. The molecular formula is C32H49NO11. The van der Waals surface area contributed by atoms with Gasteiger partial charge in [0.2, 0.25) is 5.79 Å². The molecule has 3 aliphatic rings. The number of carbonyl (C=O) groups excluding carboxylic acids is 1. The predicted octanol–water partition coefficient (Wildman–Crippen LogP) is 2.34. The number of allylic oxidation sites excluding steroid dienone is 5. The van der Waals surface area contributed by atoms with Gasteiger partial charge in [-0.25, -0.2) is 4.79 Å². The monoisotopic (exact) mass is 623 g/mol. The molecular weight excluding hydrogens is 574 g/mol. The van der Waals surface area contributed by atoms with E-state index < -0.39 is 72.0 Å². The molecule has 3 heterocycles. The number of methoxy groups -OCH3 is 1. The van der Waals surface area contributed by atoms with Crippen LogP contribution in [0, 0.1) is 11.3 Å². The lowest BCUT2D eigenvalue weighted by Crippen LogP contribution is -2.69. The number of hydrogen-bond acceptors (Lipinski definition) is 10. The molecule has 3 saturated heterocycles. The molecule has 44 heavy (non-hydrogen) atoms.